The molecule has 0 radical (unpaired) electrons. The van der Waals surface area contributed by atoms with Gasteiger partial charge in [0.25, 0.3) is 0 Å². The van der Waals surface area contributed by atoms with Gasteiger partial charge in [0.1, 0.15) is 0 Å². The summed E-state index contributed by atoms with van der Waals surface area (Å²) in [6.45, 7) is 0. The van der Waals surface area contributed by atoms with Gasteiger partial charge in [-0.2, -0.15) is 0 Å². The van der Waals surface area contributed by atoms with Crippen LogP contribution in [0.2, 0.25) is 0 Å². The normalized spacial score (nSPS) is 17.3. The summed E-state index contributed by atoms with van der Waals surface area (Å²) < 4.78 is 28.2. The molecule has 1 aliphatic carbocycles. The molecule has 3 rings (SSSR count). The van der Waals surface area contributed by atoms with Gasteiger partial charge < -0.3 is 14.2 Å². The van der Waals surface area contributed by atoms with E-state index in [9.17, 15) is 18.9 Å². The third-order valence-corrected chi connectivity index (χ3v) is 7.24. The number of fused-ring (bicyclic) bond motifs is 1. The van der Waals surface area contributed by atoms with Crippen LogP contribution >= 0.6 is 7.80 Å². The lowest BCUT2D eigenvalue weighted by molar-refractivity contribution is -0.170. The molecule has 2 atom stereocenters. The van der Waals surface area contributed by atoms with Crippen LogP contribution in [0.15, 0.2) is 48.5 Å². The number of esters is 3. The maximum atomic E-state index is 13.6. The topological polar surface area (TPSA) is 96.0 Å². The smallest absolute Gasteiger partial charge is 0.384 e. The van der Waals surface area contributed by atoms with E-state index in [0.717, 1.165) is 0 Å². The number of benzene rings is 2. The van der Waals surface area contributed by atoms with Crippen molar-refractivity contribution in [3.63, 3.8) is 0 Å². The molecule has 30 heavy (non-hydrogen) atoms. The predicted molar refractivity (Wildman–Crippen MR) is 109 cm³/mol. The fourth-order valence-electron chi connectivity index (χ4n) is 3.90. The molecule has 0 spiro atoms. The van der Waals surface area contributed by atoms with E-state index in [1.54, 1.807) is 42.5 Å². The summed E-state index contributed by atoms with van der Waals surface area (Å²) in [5, 5.41) is 0.581. The van der Waals surface area contributed by atoms with Crippen LogP contribution in [0.4, 0.5) is 0 Å². The first-order valence-corrected chi connectivity index (χ1v) is 10.6. The van der Waals surface area contributed by atoms with E-state index < -0.39 is 36.8 Å². The van der Waals surface area contributed by atoms with Crippen molar-refractivity contribution in [2.24, 2.45) is 5.41 Å². The minimum absolute atomic E-state index is 0.0254. The largest absolute Gasteiger partial charge is 0.468 e. The number of ether oxygens (including phenoxy) is 3. The van der Waals surface area contributed by atoms with Gasteiger partial charge in [0.2, 0.25) is 0 Å². The highest BCUT2D eigenvalue weighted by molar-refractivity contribution is 7.53. The molecule has 7 nitrogen and oxygen atoms in total. The molecule has 0 bridgehead atoms. The van der Waals surface area contributed by atoms with Crippen molar-refractivity contribution >= 4 is 31.0 Å². The Bertz CT molecular complexity index is 984. The van der Waals surface area contributed by atoms with E-state index in [1.165, 1.54) is 21.3 Å². The summed E-state index contributed by atoms with van der Waals surface area (Å²) in [5.74, 6) is -2.00. The summed E-state index contributed by atoms with van der Waals surface area (Å²) in [5.41, 5.74) is -0.733. The monoisotopic (exact) mass is 429 g/mol. The Morgan fingerprint density at radius 3 is 2.13 bits per heavy atom. The fraction of sp³-hybridized carbons (Fsp3) is 0.318. The molecule has 0 amide bonds. The summed E-state index contributed by atoms with van der Waals surface area (Å²) in [4.78, 5) is 37.5. The average molecular weight is 429 g/mol. The van der Waals surface area contributed by atoms with E-state index in [1.807, 2.05) is 6.07 Å². The van der Waals surface area contributed by atoms with Crippen molar-refractivity contribution < 1.29 is 33.2 Å². The highest BCUT2D eigenvalue weighted by Gasteiger charge is 2.57. The second-order valence-corrected chi connectivity index (χ2v) is 8.82. The number of hydrogen-bond acceptors (Lipinski definition) is 7. The highest BCUT2D eigenvalue weighted by atomic mass is 31.1. The molecule has 8 heteroatoms. The van der Waals surface area contributed by atoms with Crippen molar-refractivity contribution in [2.45, 2.75) is 18.5 Å². The van der Waals surface area contributed by atoms with Gasteiger partial charge in [-0.05, 0) is 36.2 Å². The summed E-state index contributed by atoms with van der Waals surface area (Å²) >= 11 is 0. The Morgan fingerprint density at radius 1 is 0.933 bits per heavy atom. The molecule has 0 fully saturated rings. The molecule has 1 aliphatic rings. The Labute approximate surface area is 175 Å². The summed E-state index contributed by atoms with van der Waals surface area (Å²) in [6, 6.07) is 13.6. The summed E-state index contributed by atoms with van der Waals surface area (Å²) in [6.07, 6.45) is -0.0360. The van der Waals surface area contributed by atoms with Crippen LogP contribution in [-0.4, -0.2) is 39.2 Å². The Kier molecular flexibility index (Phi) is 6.32. The maximum absolute atomic E-state index is 13.6. The Balaban J connectivity index is 2.19. The zero-order valence-corrected chi connectivity index (χ0v) is 17.8. The van der Waals surface area contributed by atoms with E-state index in [4.69, 9.17) is 14.2 Å². The number of rotatable bonds is 5. The van der Waals surface area contributed by atoms with E-state index in [0.29, 0.717) is 22.0 Å². The van der Waals surface area contributed by atoms with Crippen LogP contribution < -0.4 is 5.30 Å². The van der Waals surface area contributed by atoms with Gasteiger partial charge in [0.15, 0.2) is 16.4 Å². The molecular weight excluding hydrogens is 407 g/mol. The van der Waals surface area contributed by atoms with Crippen LogP contribution in [0.5, 0.6) is 0 Å². The fourth-order valence-corrected chi connectivity index (χ4v) is 5.69. The van der Waals surface area contributed by atoms with Crippen LogP contribution in [0.3, 0.4) is 0 Å². The van der Waals surface area contributed by atoms with Gasteiger partial charge in [-0.1, -0.05) is 28.8 Å². The standard InChI is InChI=1S/C22H22O7P/c1-27-19(23)14-9-10-15-12-22(20(24)28-2,21(25)29-3)13-18(17(15)11-14)30(26)16-7-5-4-6-8-16/h4-11,18H,12-13H2,1-3H3/q+1. The van der Waals surface area contributed by atoms with Crippen molar-refractivity contribution in [2.75, 3.05) is 21.3 Å². The Morgan fingerprint density at radius 2 is 1.57 bits per heavy atom. The second kappa shape index (κ2) is 8.76. The van der Waals surface area contributed by atoms with Crippen LogP contribution in [0, 0.1) is 5.41 Å². The van der Waals surface area contributed by atoms with Gasteiger partial charge in [0, 0.05) is 12.0 Å². The molecule has 0 saturated heterocycles. The number of carbonyl (C=O) groups is 3. The first-order valence-electron chi connectivity index (χ1n) is 9.27. The summed E-state index contributed by atoms with van der Waals surface area (Å²) in [7, 11) is 1.64. The zero-order valence-electron chi connectivity index (χ0n) is 16.9. The van der Waals surface area contributed by atoms with Crippen molar-refractivity contribution in [1.29, 1.82) is 0 Å². The molecule has 2 aromatic rings. The second-order valence-electron chi connectivity index (χ2n) is 7.03. The van der Waals surface area contributed by atoms with Crippen molar-refractivity contribution in [1.82, 2.24) is 0 Å². The van der Waals surface area contributed by atoms with Gasteiger partial charge in [-0.25, -0.2) is 4.79 Å². The van der Waals surface area contributed by atoms with Gasteiger partial charge >= 0.3 is 25.7 Å². The van der Waals surface area contributed by atoms with Crippen molar-refractivity contribution in [3.8, 4) is 0 Å². The van der Waals surface area contributed by atoms with Gasteiger partial charge in [0.05, 0.1) is 26.9 Å². The molecular formula is C22H22O7P+. The number of carbonyl (C=O) groups excluding carboxylic acids is 3. The van der Waals surface area contributed by atoms with E-state index >= 15 is 0 Å². The van der Waals surface area contributed by atoms with Gasteiger partial charge in [-0.15, -0.1) is 0 Å². The lowest BCUT2D eigenvalue weighted by Gasteiger charge is -2.34. The third kappa shape index (κ3) is 3.73. The lowest BCUT2D eigenvalue weighted by atomic mass is 9.71. The molecule has 0 saturated carbocycles. The molecule has 0 aromatic heterocycles. The Hall–Kier alpha value is -3.05. The predicted octanol–water partition coefficient (Wildman–Crippen LogP) is 2.95. The van der Waals surface area contributed by atoms with Crippen LogP contribution in [-0.2, 0) is 34.8 Å². The first-order chi connectivity index (χ1) is 14.4. The molecule has 2 aromatic carbocycles. The lowest BCUT2D eigenvalue weighted by Crippen LogP contribution is -2.46. The molecule has 0 heterocycles. The molecule has 156 valence electrons. The first kappa shape index (κ1) is 21.7. The van der Waals surface area contributed by atoms with Crippen molar-refractivity contribution in [3.05, 3.63) is 65.2 Å². The minimum Gasteiger partial charge on any atom is -0.468 e. The minimum atomic E-state index is -2.05. The number of methoxy groups -OCH3 is 3. The SMILES string of the molecule is COC(=O)c1ccc2c(c1)C([P+](=O)c1ccccc1)CC(C(=O)OC)(C(=O)OC)C2. The number of hydrogen-bond donors (Lipinski definition) is 0. The highest BCUT2D eigenvalue weighted by Crippen LogP contribution is 2.54. The van der Waals surface area contributed by atoms with E-state index in [-0.39, 0.29) is 12.8 Å². The maximum Gasteiger partial charge on any atom is 0.384 e. The average Bonchev–Trinajstić information content (AvgIpc) is 2.81. The molecule has 0 N–H and O–H groups in total. The third-order valence-electron chi connectivity index (χ3n) is 5.41. The zero-order chi connectivity index (χ0) is 21.9. The van der Waals surface area contributed by atoms with Crippen LogP contribution in [0.25, 0.3) is 0 Å². The molecule has 2 unspecified atom stereocenters. The van der Waals surface area contributed by atoms with Gasteiger partial charge in [-0.3, -0.25) is 9.59 Å². The van der Waals surface area contributed by atoms with E-state index in [2.05, 4.69) is 0 Å². The van der Waals surface area contributed by atoms with Crippen LogP contribution in [0.1, 0.15) is 33.6 Å². The molecule has 0 aliphatic heterocycles. The quantitative estimate of drug-likeness (QED) is 0.312.